The van der Waals surface area contributed by atoms with Crippen LogP contribution in [0, 0.1) is 20.8 Å². The number of amides is 1. The van der Waals surface area contributed by atoms with Gasteiger partial charge in [0.1, 0.15) is 10.8 Å². The number of esters is 1. The van der Waals surface area contributed by atoms with Gasteiger partial charge in [-0.3, -0.25) is 4.79 Å². The molecule has 34 heavy (non-hydrogen) atoms. The average Bonchev–Trinajstić information content (AvgIpc) is 3.38. The van der Waals surface area contributed by atoms with Crippen molar-refractivity contribution in [2.24, 2.45) is 0 Å². The summed E-state index contributed by atoms with van der Waals surface area (Å²) < 4.78 is 12.8. The Labute approximate surface area is 212 Å². The third-order valence-corrected chi connectivity index (χ3v) is 7.52. The number of thioether (sulfide) groups is 1. The van der Waals surface area contributed by atoms with Crippen molar-refractivity contribution in [3.63, 3.8) is 0 Å². The highest BCUT2D eigenvalue weighted by Crippen LogP contribution is 2.31. The fraction of sp³-hybridized carbons (Fsp3) is 0.391. The molecule has 2 aromatic heterocycles. The lowest BCUT2D eigenvalue weighted by molar-refractivity contribution is -0.113. The maximum Gasteiger partial charge on any atom is 0.340 e. The molecule has 0 aliphatic rings. The van der Waals surface area contributed by atoms with Crippen LogP contribution >= 0.6 is 34.7 Å². The van der Waals surface area contributed by atoms with Crippen LogP contribution in [0.25, 0.3) is 0 Å². The lowest BCUT2D eigenvalue weighted by atomic mass is 10.1. The number of aromatic nitrogens is 3. The summed E-state index contributed by atoms with van der Waals surface area (Å²) in [4.78, 5) is 25.4. The van der Waals surface area contributed by atoms with Crippen LogP contribution in [0.5, 0.6) is 5.75 Å². The second-order valence-electron chi connectivity index (χ2n) is 7.64. The number of hydrogen-bond acceptors (Lipinski definition) is 8. The minimum Gasteiger partial charge on any atom is -0.483 e. The molecule has 0 aliphatic carbocycles. The van der Waals surface area contributed by atoms with Crippen molar-refractivity contribution in [1.82, 2.24) is 14.8 Å². The molecule has 0 bridgehead atoms. The molecule has 3 rings (SSSR count). The lowest BCUT2D eigenvalue weighted by Crippen LogP contribution is -2.16. The number of methoxy groups -OCH3 is 1. The van der Waals surface area contributed by atoms with Gasteiger partial charge in [0.25, 0.3) is 0 Å². The Kier molecular flexibility index (Phi) is 8.62. The Morgan fingerprint density at radius 1 is 1.21 bits per heavy atom. The molecule has 182 valence electrons. The first-order valence-corrected chi connectivity index (χ1v) is 12.8. The summed E-state index contributed by atoms with van der Waals surface area (Å²) in [6.07, 6.45) is -0.354. The molecule has 0 spiro atoms. The first-order chi connectivity index (χ1) is 16.1. The molecule has 11 heteroatoms. The zero-order valence-electron chi connectivity index (χ0n) is 19.9. The van der Waals surface area contributed by atoms with Gasteiger partial charge in [-0.05, 0) is 63.9 Å². The van der Waals surface area contributed by atoms with Crippen LogP contribution in [-0.4, -0.2) is 39.5 Å². The Bertz CT molecular complexity index is 1180. The van der Waals surface area contributed by atoms with Gasteiger partial charge in [-0.1, -0.05) is 23.4 Å². The van der Waals surface area contributed by atoms with E-state index < -0.39 is 5.97 Å². The Morgan fingerprint density at radius 3 is 2.50 bits per heavy atom. The third-order valence-electron chi connectivity index (χ3n) is 4.99. The molecular formula is C23H27ClN4O4S2. The van der Waals surface area contributed by atoms with E-state index in [4.69, 9.17) is 21.1 Å². The predicted molar refractivity (Wildman–Crippen MR) is 135 cm³/mol. The highest BCUT2D eigenvalue weighted by Gasteiger charge is 2.21. The number of anilines is 1. The number of nitrogens with one attached hydrogen (secondary N) is 1. The monoisotopic (exact) mass is 522 g/mol. The minimum absolute atomic E-state index is 0.112. The standard InChI is InChI=1S/C23H27ClN4O4S2/c1-7-28-20(15(5)32-16-8-12(2)19(24)13(3)9-16)26-27-23(28)33-11-18(29)25-21-17(22(30)31-6)10-14(4)34-21/h8-10,15H,7,11H2,1-6H3,(H,25,29). The number of carbonyl (C=O) groups is 2. The summed E-state index contributed by atoms with van der Waals surface area (Å²) in [6, 6.07) is 5.49. The molecule has 1 unspecified atom stereocenters. The maximum absolute atomic E-state index is 12.6. The molecule has 8 nitrogen and oxygen atoms in total. The first-order valence-electron chi connectivity index (χ1n) is 10.6. The summed E-state index contributed by atoms with van der Waals surface area (Å²) in [6.45, 7) is 10.2. The van der Waals surface area contributed by atoms with E-state index >= 15 is 0 Å². The molecule has 0 fully saturated rings. The number of ether oxygens (including phenoxy) is 2. The molecule has 1 aromatic carbocycles. The maximum atomic E-state index is 12.6. The Morgan fingerprint density at radius 2 is 1.88 bits per heavy atom. The average molecular weight is 523 g/mol. The smallest absolute Gasteiger partial charge is 0.340 e. The van der Waals surface area contributed by atoms with E-state index in [0.29, 0.717) is 33.8 Å². The topological polar surface area (TPSA) is 95.3 Å². The van der Waals surface area contributed by atoms with E-state index in [2.05, 4.69) is 15.5 Å². The van der Waals surface area contributed by atoms with E-state index in [9.17, 15) is 9.59 Å². The predicted octanol–water partition coefficient (Wildman–Crippen LogP) is 5.60. The van der Waals surface area contributed by atoms with Gasteiger partial charge in [0.2, 0.25) is 5.91 Å². The van der Waals surface area contributed by atoms with Crippen LogP contribution in [0.15, 0.2) is 23.4 Å². The second-order valence-corrected chi connectivity index (χ2v) is 10.2. The molecule has 2 heterocycles. The number of carbonyl (C=O) groups excluding carboxylic acids is 2. The number of benzene rings is 1. The Hall–Kier alpha value is -2.56. The van der Waals surface area contributed by atoms with Crippen molar-refractivity contribution in [3.05, 3.63) is 50.6 Å². The van der Waals surface area contributed by atoms with Crippen LogP contribution in [0.1, 0.15) is 52.1 Å². The SMILES string of the molecule is CCn1c(SCC(=O)Nc2sc(C)cc2C(=O)OC)nnc1C(C)Oc1cc(C)c(Cl)c(C)c1. The third kappa shape index (κ3) is 5.92. The van der Waals surface area contributed by atoms with E-state index in [-0.39, 0.29) is 17.8 Å². The van der Waals surface area contributed by atoms with Gasteiger partial charge in [-0.15, -0.1) is 21.5 Å². The number of halogens is 1. The van der Waals surface area contributed by atoms with Gasteiger partial charge in [-0.2, -0.15) is 0 Å². The van der Waals surface area contributed by atoms with Gasteiger partial charge in [0, 0.05) is 16.4 Å². The number of rotatable bonds is 9. The summed E-state index contributed by atoms with van der Waals surface area (Å²) in [5, 5.41) is 13.2. The normalized spacial score (nSPS) is 11.9. The van der Waals surface area contributed by atoms with Crippen molar-refractivity contribution < 1.29 is 19.1 Å². The van der Waals surface area contributed by atoms with Crippen molar-refractivity contribution in [3.8, 4) is 5.75 Å². The van der Waals surface area contributed by atoms with Gasteiger partial charge < -0.3 is 19.4 Å². The van der Waals surface area contributed by atoms with E-state index in [1.165, 1.54) is 30.2 Å². The molecule has 0 radical (unpaired) electrons. The zero-order chi connectivity index (χ0) is 25.0. The van der Waals surface area contributed by atoms with Crippen LogP contribution in [0.3, 0.4) is 0 Å². The van der Waals surface area contributed by atoms with Gasteiger partial charge in [0.05, 0.1) is 18.4 Å². The van der Waals surface area contributed by atoms with Crippen molar-refractivity contribution >= 4 is 51.6 Å². The quantitative estimate of drug-likeness (QED) is 0.289. The summed E-state index contributed by atoms with van der Waals surface area (Å²) >= 11 is 8.86. The van der Waals surface area contributed by atoms with E-state index in [0.717, 1.165) is 21.0 Å². The fourth-order valence-corrected chi connectivity index (χ4v) is 5.23. The van der Waals surface area contributed by atoms with Crippen LogP contribution in [-0.2, 0) is 16.1 Å². The number of thiophene rings is 1. The van der Waals surface area contributed by atoms with E-state index in [1.807, 2.05) is 51.3 Å². The van der Waals surface area contributed by atoms with Crippen LogP contribution < -0.4 is 10.1 Å². The Balaban J connectivity index is 1.68. The molecule has 0 saturated carbocycles. The largest absolute Gasteiger partial charge is 0.483 e. The molecule has 1 atom stereocenters. The molecule has 0 aliphatic heterocycles. The minimum atomic E-state index is -0.484. The lowest BCUT2D eigenvalue weighted by Gasteiger charge is -2.17. The van der Waals surface area contributed by atoms with Crippen molar-refractivity contribution in [2.75, 3.05) is 18.2 Å². The van der Waals surface area contributed by atoms with Gasteiger partial charge >= 0.3 is 5.97 Å². The highest BCUT2D eigenvalue weighted by molar-refractivity contribution is 7.99. The fourth-order valence-electron chi connectivity index (χ4n) is 3.40. The molecule has 1 amide bonds. The van der Waals surface area contributed by atoms with Crippen molar-refractivity contribution in [2.45, 2.75) is 52.4 Å². The zero-order valence-corrected chi connectivity index (χ0v) is 22.3. The number of hydrogen-bond donors (Lipinski definition) is 1. The number of aryl methyl sites for hydroxylation is 3. The molecule has 3 aromatic rings. The summed E-state index contributed by atoms with van der Waals surface area (Å²) in [7, 11) is 1.31. The summed E-state index contributed by atoms with van der Waals surface area (Å²) in [5.74, 6) is 0.750. The molecule has 1 N–H and O–H groups in total. The van der Waals surface area contributed by atoms with Gasteiger partial charge in [0.15, 0.2) is 17.1 Å². The molecular weight excluding hydrogens is 496 g/mol. The number of nitrogens with zero attached hydrogens (tertiary/aromatic N) is 3. The van der Waals surface area contributed by atoms with Gasteiger partial charge in [-0.25, -0.2) is 4.79 Å². The van der Waals surface area contributed by atoms with Crippen LogP contribution in [0.4, 0.5) is 5.00 Å². The van der Waals surface area contributed by atoms with E-state index in [1.54, 1.807) is 6.07 Å². The summed E-state index contributed by atoms with van der Waals surface area (Å²) in [5.41, 5.74) is 2.24. The van der Waals surface area contributed by atoms with Crippen LogP contribution in [0.2, 0.25) is 5.02 Å². The first kappa shape index (κ1) is 26.1. The molecule has 0 saturated heterocycles. The highest BCUT2D eigenvalue weighted by atomic mass is 35.5. The van der Waals surface area contributed by atoms with Crippen molar-refractivity contribution in [1.29, 1.82) is 0 Å². The second kappa shape index (κ2) is 11.2.